The van der Waals surface area contributed by atoms with Crippen molar-refractivity contribution in [2.24, 2.45) is 0 Å². The van der Waals surface area contributed by atoms with Gasteiger partial charge in [0.25, 0.3) is 0 Å². The van der Waals surface area contributed by atoms with E-state index in [-0.39, 0.29) is 5.91 Å². The number of benzene rings is 1. The lowest BCUT2D eigenvalue weighted by Crippen LogP contribution is -2.12. The summed E-state index contributed by atoms with van der Waals surface area (Å²) < 4.78 is 0.611. The lowest BCUT2D eigenvalue weighted by Gasteiger charge is -2.08. The van der Waals surface area contributed by atoms with Crippen molar-refractivity contribution in [2.45, 2.75) is 29.6 Å². The van der Waals surface area contributed by atoms with E-state index in [9.17, 15) is 4.79 Å². The molecule has 0 aliphatic carbocycles. The number of hydrogen-bond donors (Lipinski definition) is 1. The smallest absolute Gasteiger partial charge is 0.224 e. The number of alkyl halides is 1. The van der Waals surface area contributed by atoms with Crippen LogP contribution in [0.2, 0.25) is 0 Å². The standard InChI is InChI=1S/C12H14INO/c13-10-6-5-9-3-1-2-4-11(9)14-12(15)8-7-10/h1-4,10H,5-8H2,(H,14,15). The molecule has 1 aromatic rings. The van der Waals surface area contributed by atoms with Gasteiger partial charge in [-0.15, -0.1) is 0 Å². The first-order valence-corrected chi connectivity index (χ1v) is 6.52. The molecule has 1 N–H and O–H groups in total. The molecule has 0 fully saturated rings. The molecule has 2 nitrogen and oxygen atoms in total. The number of anilines is 1. The van der Waals surface area contributed by atoms with Crippen molar-refractivity contribution in [2.75, 3.05) is 5.32 Å². The summed E-state index contributed by atoms with van der Waals surface area (Å²) in [6.07, 6.45) is 3.85. The highest BCUT2D eigenvalue weighted by atomic mass is 127. The third kappa shape index (κ3) is 2.93. The first-order valence-electron chi connectivity index (χ1n) is 5.27. The van der Waals surface area contributed by atoms with Crippen LogP contribution in [0.1, 0.15) is 24.8 Å². The highest BCUT2D eigenvalue weighted by Gasteiger charge is 2.13. The summed E-state index contributed by atoms with van der Waals surface area (Å²) >= 11 is 2.44. The number of rotatable bonds is 0. The lowest BCUT2D eigenvalue weighted by molar-refractivity contribution is -0.116. The van der Waals surface area contributed by atoms with E-state index in [0.717, 1.165) is 24.9 Å². The van der Waals surface area contributed by atoms with Crippen molar-refractivity contribution in [3.8, 4) is 0 Å². The van der Waals surface area contributed by atoms with Crippen LogP contribution in [-0.2, 0) is 11.2 Å². The number of aryl methyl sites for hydroxylation is 1. The van der Waals surface area contributed by atoms with E-state index in [2.05, 4.69) is 34.0 Å². The molecule has 0 aromatic heterocycles. The van der Waals surface area contributed by atoms with E-state index in [1.165, 1.54) is 5.56 Å². The molecule has 2 rings (SSSR count). The highest BCUT2D eigenvalue weighted by molar-refractivity contribution is 14.1. The molecule has 0 radical (unpaired) electrons. The Hall–Kier alpha value is -0.580. The van der Waals surface area contributed by atoms with E-state index in [1.807, 2.05) is 18.2 Å². The van der Waals surface area contributed by atoms with Crippen molar-refractivity contribution in [1.29, 1.82) is 0 Å². The van der Waals surface area contributed by atoms with Gasteiger partial charge in [0, 0.05) is 16.0 Å². The summed E-state index contributed by atoms with van der Waals surface area (Å²) in [6, 6.07) is 8.09. The number of fused-ring (bicyclic) bond motifs is 1. The van der Waals surface area contributed by atoms with Crippen molar-refractivity contribution in [3.05, 3.63) is 29.8 Å². The average Bonchev–Trinajstić information content (AvgIpc) is 2.30. The molecule has 1 atom stereocenters. The number of nitrogens with one attached hydrogen (secondary N) is 1. The van der Waals surface area contributed by atoms with Gasteiger partial charge in [-0.05, 0) is 30.9 Å². The quantitative estimate of drug-likeness (QED) is 0.578. The minimum atomic E-state index is 0.144. The van der Waals surface area contributed by atoms with Crippen LogP contribution in [0, 0.1) is 0 Å². The summed E-state index contributed by atoms with van der Waals surface area (Å²) in [5.74, 6) is 0.144. The fourth-order valence-electron chi connectivity index (χ4n) is 1.82. The van der Waals surface area contributed by atoms with Gasteiger partial charge in [0.1, 0.15) is 0 Å². The van der Waals surface area contributed by atoms with Gasteiger partial charge in [-0.1, -0.05) is 40.8 Å². The molecule has 0 saturated carbocycles. The Balaban J connectivity index is 2.25. The molecule has 0 saturated heterocycles. The van der Waals surface area contributed by atoms with Gasteiger partial charge in [0.15, 0.2) is 0 Å². The maximum atomic E-state index is 11.6. The Kier molecular flexibility index (Phi) is 3.61. The van der Waals surface area contributed by atoms with Crippen LogP contribution in [0.3, 0.4) is 0 Å². The second-order valence-electron chi connectivity index (χ2n) is 3.88. The third-order valence-electron chi connectivity index (χ3n) is 2.70. The molecule has 80 valence electrons. The zero-order valence-electron chi connectivity index (χ0n) is 8.50. The normalized spacial score (nSPS) is 21.9. The van der Waals surface area contributed by atoms with Gasteiger partial charge in [0.2, 0.25) is 5.91 Å². The Morgan fingerprint density at radius 1 is 1.20 bits per heavy atom. The topological polar surface area (TPSA) is 29.1 Å². The SMILES string of the molecule is O=C1CCC(I)CCc2ccccc2N1. The maximum Gasteiger partial charge on any atom is 0.224 e. The fraction of sp³-hybridized carbons (Fsp3) is 0.417. The largest absolute Gasteiger partial charge is 0.326 e. The molecule has 1 aromatic carbocycles. The van der Waals surface area contributed by atoms with Gasteiger partial charge in [-0.3, -0.25) is 4.79 Å². The molecular weight excluding hydrogens is 301 g/mol. The third-order valence-corrected chi connectivity index (χ3v) is 3.95. The summed E-state index contributed by atoms with van der Waals surface area (Å²) in [7, 11) is 0. The predicted octanol–water partition coefficient (Wildman–Crippen LogP) is 3.16. The van der Waals surface area contributed by atoms with E-state index in [1.54, 1.807) is 0 Å². The monoisotopic (exact) mass is 315 g/mol. The van der Waals surface area contributed by atoms with Crippen LogP contribution in [0.5, 0.6) is 0 Å². The molecular formula is C12H14INO. The molecule has 1 unspecified atom stereocenters. The van der Waals surface area contributed by atoms with Crippen LogP contribution < -0.4 is 5.32 Å². The molecule has 1 amide bonds. The molecule has 0 bridgehead atoms. The Bertz CT molecular complexity index is 364. The molecule has 3 heteroatoms. The average molecular weight is 315 g/mol. The fourth-order valence-corrected chi connectivity index (χ4v) is 2.44. The van der Waals surface area contributed by atoms with Crippen molar-refractivity contribution < 1.29 is 4.79 Å². The van der Waals surface area contributed by atoms with Gasteiger partial charge in [-0.25, -0.2) is 0 Å². The van der Waals surface area contributed by atoms with Crippen LogP contribution in [0.25, 0.3) is 0 Å². The van der Waals surface area contributed by atoms with Crippen LogP contribution >= 0.6 is 22.6 Å². The molecule has 15 heavy (non-hydrogen) atoms. The Morgan fingerprint density at radius 2 is 1.93 bits per heavy atom. The van der Waals surface area contributed by atoms with Gasteiger partial charge in [-0.2, -0.15) is 0 Å². The number of hydrogen-bond acceptors (Lipinski definition) is 1. The molecule has 1 aliphatic heterocycles. The van der Waals surface area contributed by atoms with E-state index < -0.39 is 0 Å². The van der Waals surface area contributed by atoms with Crippen molar-refractivity contribution >= 4 is 34.2 Å². The minimum absolute atomic E-state index is 0.144. The second kappa shape index (κ2) is 4.96. The predicted molar refractivity (Wildman–Crippen MR) is 70.4 cm³/mol. The minimum Gasteiger partial charge on any atom is -0.326 e. The lowest BCUT2D eigenvalue weighted by atomic mass is 10.1. The summed E-state index contributed by atoms with van der Waals surface area (Å²) in [5.41, 5.74) is 2.25. The van der Waals surface area contributed by atoms with E-state index in [4.69, 9.17) is 0 Å². The number of amides is 1. The van der Waals surface area contributed by atoms with Crippen LogP contribution in [0.15, 0.2) is 24.3 Å². The number of halogens is 1. The van der Waals surface area contributed by atoms with Crippen LogP contribution in [0.4, 0.5) is 5.69 Å². The van der Waals surface area contributed by atoms with Crippen molar-refractivity contribution in [1.82, 2.24) is 0 Å². The first kappa shape index (κ1) is 10.9. The highest BCUT2D eigenvalue weighted by Crippen LogP contribution is 2.23. The number of carbonyl (C=O) groups excluding carboxylic acids is 1. The van der Waals surface area contributed by atoms with E-state index >= 15 is 0 Å². The van der Waals surface area contributed by atoms with E-state index in [0.29, 0.717) is 10.3 Å². The van der Waals surface area contributed by atoms with Crippen molar-refractivity contribution in [3.63, 3.8) is 0 Å². The second-order valence-corrected chi connectivity index (χ2v) is 5.64. The molecule has 0 spiro atoms. The Morgan fingerprint density at radius 3 is 2.80 bits per heavy atom. The molecule has 1 aliphatic rings. The first-order chi connectivity index (χ1) is 7.25. The molecule has 1 heterocycles. The zero-order valence-corrected chi connectivity index (χ0v) is 10.7. The number of carbonyl (C=O) groups is 1. The maximum absolute atomic E-state index is 11.6. The van der Waals surface area contributed by atoms with Gasteiger partial charge in [0.05, 0.1) is 0 Å². The summed E-state index contributed by atoms with van der Waals surface area (Å²) in [6.45, 7) is 0. The van der Waals surface area contributed by atoms with Gasteiger partial charge < -0.3 is 5.32 Å². The summed E-state index contributed by atoms with van der Waals surface area (Å²) in [5, 5.41) is 2.98. The number of para-hydroxylation sites is 1. The van der Waals surface area contributed by atoms with Gasteiger partial charge >= 0.3 is 0 Å². The summed E-state index contributed by atoms with van der Waals surface area (Å²) in [4.78, 5) is 11.6. The van der Waals surface area contributed by atoms with Crippen LogP contribution in [-0.4, -0.2) is 9.83 Å². The Labute approximate surface area is 104 Å². The zero-order chi connectivity index (χ0) is 10.7.